The van der Waals surface area contributed by atoms with Crippen molar-refractivity contribution < 1.29 is 26.7 Å². The number of aliphatic hydroxyl groups is 2. The number of alkyl halides is 2. The molecule has 4 rings (SSSR count). The lowest BCUT2D eigenvalue weighted by molar-refractivity contribution is -0.175. The van der Waals surface area contributed by atoms with Crippen molar-refractivity contribution in [2.45, 2.75) is 63.0 Å². The first-order valence-corrected chi connectivity index (χ1v) is 10.3. The zero-order chi connectivity index (χ0) is 25.2. The van der Waals surface area contributed by atoms with Crippen molar-refractivity contribution in [2.75, 3.05) is 5.83 Å². The molecule has 0 amide bonds. The number of hydrogen-bond acceptors (Lipinski definition) is 4. The number of Topliss-reactive ketones (excluding diaryl/α,β-unsaturated/α-hetero) is 1. The molecule has 0 aromatic carbocycles. The highest BCUT2D eigenvalue weighted by Crippen LogP contribution is 2.71. The number of ketones is 2. The molecule has 0 radical (unpaired) electrons. The van der Waals surface area contributed by atoms with E-state index in [0.717, 1.165) is 0 Å². The smallest absolute Gasteiger partial charge is 0.179 e. The Hall–Kier alpha value is -0.680. The van der Waals surface area contributed by atoms with Crippen LogP contribution < -0.4 is 0 Å². The van der Waals surface area contributed by atoms with Gasteiger partial charge in [0.25, 0.3) is 0 Å². The number of aliphatic hydroxyl groups excluding tert-OH is 1. The van der Waals surface area contributed by atoms with Crippen molar-refractivity contribution >= 4 is 34.8 Å². The fraction of sp³-hybridized carbons (Fsp3) is 0.727. The van der Waals surface area contributed by atoms with E-state index in [2.05, 4.69) is 0 Å². The minimum absolute atomic E-state index is 0.0640. The highest BCUT2D eigenvalue weighted by Gasteiger charge is 2.74. The number of carbonyl (C=O) groups excluding carboxylic acids is 2. The summed E-state index contributed by atoms with van der Waals surface area (Å²) >= 11 is 13.0. The Bertz CT molecular complexity index is 1010. The minimum Gasteiger partial charge on any atom is -0.391 e. The standard InChI is InChI=1S/C22H28Cl2O4/c1-12-8-16-15-5-4-13-9-14(25)6-7-19(13,2)21(15,24)17(26)10-20(16,3)22(12,28)18(27)11-23/h6-7,9,12,15-17,26,28H,4-5,8,10-11H2,1-3H3/t12-,15+,16+,17+,19+,20+,21+,22-/m1/s1/i4D2,9D,11D2. The van der Waals surface area contributed by atoms with Gasteiger partial charge in [0.05, 0.1) is 20.9 Å². The summed E-state index contributed by atoms with van der Waals surface area (Å²) in [6.45, 7) is 4.86. The molecule has 6 heteroatoms. The molecule has 0 saturated heterocycles. The molecule has 0 aliphatic heterocycles. The second-order valence-electron chi connectivity index (χ2n) is 9.23. The van der Waals surface area contributed by atoms with Crippen LogP contribution in [0.3, 0.4) is 0 Å². The summed E-state index contributed by atoms with van der Waals surface area (Å²) in [6, 6.07) is -0.467. The van der Waals surface area contributed by atoms with Gasteiger partial charge in [-0.2, -0.15) is 0 Å². The third-order valence-corrected chi connectivity index (χ3v) is 9.30. The average molecular weight is 432 g/mol. The first kappa shape index (κ1) is 15.2. The lowest BCUT2D eigenvalue weighted by Gasteiger charge is -2.63. The molecule has 2 N–H and O–H groups in total. The van der Waals surface area contributed by atoms with Gasteiger partial charge in [0, 0.05) is 13.6 Å². The molecule has 0 unspecified atom stereocenters. The first-order chi connectivity index (χ1) is 14.8. The van der Waals surface area contributed by atoms with Crippen LogP contribution in [0.2, 0.25) is 0 Å². The number of fused-ring (bicyclic) bond motifs is 5. The largest absolute Gasteiger partial charge is 0.391 e. The summed E-state index contributed by atoms with van der Waals surface area (Å²) in [5, 5.41) is 23.2. The van der Waals surface area contributed by atoms with E-state index in [9.17, 15) is 19.8 Å². The molecule has 4 aliphatic rings. The first-order valence-electron chi connectivity index (χ1n) is 12.1. The van der Waals surface area contributed by atoms with Gasteiger partial charge in [-0.05, 0) is 55.5 Å². The monoisotopic (exact) mass is 431 g/mol. The number of rotatable bonds is 2. The van der Waals surface area contributed by atoms with Crippen LogP contribution >= 0.6 is 23.2 Å². The molecule has 8 atom stereocenters. The predicted molar refractivity (Wildman–Crippen MR) is 108 cm³/mol. The average Bonchev–Trinajstić information content (AvgIpc) is 2.87. The SMILES string of the molecule is [2H]C1=C2C([2H])([2H])C[C@H]3[C@@H]4C[C@@H](C)[C@@](O)(C(=O)C([2H])([2H])Cl)[C@@]4(C)C[C@H](O)[C@]3(Cl)[C@@]2(C)C=CC1=O. The Morgan fingerprint density at radius 3 is 2.79 bits per heavy atom. The van der Waals surface area contributed by atoms with Gasteiger partial charge in [-0.1, -0.05) is 32.4 Å². The van der Waals surface area contributed by atoms with E-state index < -0.39 is 75.0 Å². The summed E-state index contributed by atoms with van der Waals surface area (Å²) in [5.41, 5.74) is -4.93. The Labute approximate surface area is 183 Å². The maximum atomic E-state index is 13.1. The molecular weight excluding hydrogens is 399 g/mol. The molecule has 0 spiro atoms. The van der Waals surface area contributed by atoms with Gasteiger partial charge in [0.1, 0.15) is 5.60 Å². The molecule has 0 aromatic heterocycles. The Kier molecular flexibility index (Phi) is 3.34. The number of halogens is 2. The number of allylic oxidation sites excluding steroid dienone is 4. The summed E-state index contributed by atoms with van der Waals surface area (Å²) in [6.07, 6.45) is -0.905. The molecule has 0 aromatic rings. The third kappa shape index (κ3) is 2.16. The van der Waals surface area contributed by atoms with Crippen molar-refractivity contribution in [2.24, 2.45) is 28.6 Å². The summed E-state index contributed by atoms with van der Waals surface area (Å²) in [5.74, 6) is -6.63. The van der Waals surface area contributed by atoms with Crippen LogP contribution in [-0.2, 0) is 9.59 Å². The zero-order valence-corrected chi connectivity index (χ0v) is 17.6. The molecule has 3 saturated carbocycles. The van der Waals surface area contributed by atoms with Crippen molar-refractivity contribution in [1.82, 2.24) is 0 Å². The molecule has 4 aliphatic carbocycles. The summed E-state index contributed by atoms with van der Waals surface area (Å²) < 4.78 is 41.3. The molecule has 154 valence electrons. The Morgan fingerprint density at radius 2 is 2.14 bits per heavy atom. The van der Waals surface area contributed by atoms with Gasteiger partial charge < -0.3 is 10.2 Å². The number of carbonyl (C=O) groups is 2. The number of hydrogen-bond donors (Lipinski definition) is 2. The van der Waals surface area contributed by atoms with E-state index >= 15 is 0 Å². The maximum Gasteiger partial charge on any atom is 0.179 e. The van der Waals surface area contributed by atoms with Crippen LogP contribution in [-0.4, -0.2) is 44.2 Å². The highest BCUT2D eigenvalue weighted by atomic mass is 35.5. The second kappa shape index (κ2) is 6.16. The van der Waals surface area contributed by atoms with E-state index in [-0.39, 0.29) is 24.8 Å². The van der Waals surface area contributed by atoms with Crippen LogP contribution in [0.15, 0.2) is 23.8 Å². The predicted octanol–water partition coefficient (Wildman–Crippen LogP) is 3.41. The van der Waals surface area contributed by atoms with E-state index in [1.54, 1.807) is 20.8 Å². The third-order valence-electron chi connectivity index (χ3n) is 8.20. The van der Waals surface area contributed by atoms with Gasteiger partial charge in [0.15, 0.2) is 11.6 Å². The highest BCUT2D eigenvalue weighted by molar-refractivity contribution is 6.29. The topological polar surface area (TPSA) is 74.6 Å². The van der Waals surface area contributed by atoms with E-state index in [0.29, 0.717) is 0 Å². The van der Waals surface area contributed by atoms with Crippen molar-refractivity contribution in [1.29, 1.82) is 0 Å². The quantitative estimate of drug-likeness (QED) is 0.656. The lowest BCUT2D eigenvalue weighted by Crippen LogP contribution is -2.68. The molecule has 28 heavy (non-hydrogen) atoms. The van der Waals surface area contributed by atoms with Crippen LogP contribution in [0.5, 0.6) is 0 Å². The zero-order valence-electron chi connectivity index (χ0n) is 21.1. The van der Waals surface area contributed by atoms with Crippen LogP contribution in [0, 0.1) is 28.6 Å². The van der Waals surface area contributed by atoms with Crippen molar-refractivity contribution in [3.05, 3.63) is 23.8 Å². The van der Waals surface area contributed by atoms with Crippen LogP contribution in [0.25, 0.3) is 0 Å². The van der Waals surface area contributed by atoms with Crippen LogP contribution in [0.1, 0.15) is 53.3 Å². The van der Waals surface area contributed by atoms with E-state index in [1.165, 1.54) is 12.2 Å². The lowest BCUT2D eigenvalue weighted by atomic mass is 9.45. The van der Waals surface area contributed by atoms with Crippen LogP contribution in [0.4, 0.5) is 0 Å². The molecule has 3 fully saturated rings. The molecule has 4 nitrogen and oxygen atoms in total. The van der Waals surface area contributed by atoms with Crippen molar-refractivity contribution in [3.8, 4) is 0 Å². The molecule has 0 bridgehead atoms. The van der Waals surface area contributed by atoms with Gasteiger partial charge in [0.2, 0.25) is 0 Å². The second-order valence-corrected chi connectivity index (χ2v) is 10.0. The fourth-order valence-electron chi connectivity index (χ4n) is 6.62. The van der Waals surface area contributed by atoms with Crippen molar-refractivity contribution in [3.63, 3.8) is 0 Å². The molecule has 0 heterocycles. The fourth-order valence-corrected chi connectivity index (χ4v) is 7.23. The molecular formula is C22H28Cl2O4. The Morgan fingerprint density at radius 1 is 1.46 bits per heavy atom. The van der Waals surface area contributed by atoms with Gasteiger partial charge in [-0.3, -0.25) is 9.59 Å². The van der Waals surface area contributed by atoms with E-state index in [1.807, 2.05) is 0 Å². The van der Waals surface area contributed by atoms with E-state index in [4.69, 9.17) is 30.1 Å². The maximum absolute atomic E-state index is 13.1. The van der Waals surface area contributed by atoms with Gasteiger partial charge in [-0.25, -0.2) is 0 Å². The van der Waals surface area contributed by atoms with Gasteiger partial charge >= 0.3 is 0 Å². The summed E-state index contributed by atoms with van der Waals surface area (Å²) in [7, 11) is 0. The Balaban J connectivity index is 1.93. The minimum atomic E-state index is -2.82. The normalized spacial score (nSPS) is 57.8. The van der Waals surface area contributed by atoms with Gasteiger partial charge in [-0.15, -0.1) is 23.2 Å². The summed E-state index contributed by atoms with van der Waals surface area (Å²) in [4.78, 5) is 23.8.